The van der Waals surface area contributed by atoms with Crippen LogP contribution < -0.4 is 5.73 Å². The van der Waals surface area contributed by atoms with E-state index >= 15 is 0 Å². The van der Waals surface area contributed by atoms with Gasteiger partial charge in [0.05, 0.1) is 0 Å². The summed E-state index contributed by atoms with van der Waals surface area (Å²) in [6.45, 7) is 3.93. The van der Waals surface area contributed by atoms with Crippen molar-refractivity contribution < 1.29 is 4.39 Å². The van der Waals surface area contributed by atoms with Crippen LogP contribution >= 0.6 is 12.2 Å². The molecule has 0 spiro atoms. The third-order valence-electron chi connectivity index (χ3n) is 3.65. The van der Waals surface area contributed by atoms with Gasteiger partial charge in [-0.15, -0.1) is 0 Å². The van der Waals surface area contributed by atoms with Crippen LogP contribution in [0.3, 0.4) is 0 Å². The minimum absolute atomic E-state index is 0.210. The highest BCUT2D eigenvalue weighted by Crippen LogP contribution is 2.20. The second-order valence-electron chi connectivity index (χ2n) is 4.99. The van der Waals surface area contributed by atoms with Crippen molar-refractivity contribution in [1.82, 2.24) is 4.90 Å². The first-order chi connectivity index (χ1) is 8.58. The predicted octanol–water partition coefficient (Wildman–Crippen LogP) is 2.83. The first-order valence-electron chi connectivity index (χ1n) is 6.40. The molecule has 0 aliphatic carbocycles. The SMILES string of the molecule is CC1CCCCN1Cc1ccc(C(N)=S)cc1F. The molecule has 0 bridgehead atoms. The van der Waals surface area contributed by atoms with Crippen molar-refractivity contribution in [2.24, 2.45) is 5.73 Å². The van der Waals surface area contributed by atoms with E-state index in [9.17, 15) is 4.39 Å². The van der Waals surface area contributed by atoms with Gasteiger partial charge in [0.1, 0.15) is 10.8 Å². The lowest BCUT2D eigenvalue weighted by Crippen LogP contribution is -2.37. The van der Waals surface area contributed by atoms with E-state index in [-0.39, 0.29) is 10.8 Å². The zero-order valence-electron chi connectivity index (χ0n) is 10.7. The van der Waals surface area contributed by atoms with Crippen LogP contribution in [0.2, 0.25) is 0 Å². The molecule has 0 saturated carbocycles. The van der Waals surface area contributed by atoms with Gasteiger partial charge in [0.15, 0.2) is 0 Å². The summed E-state index contributed by atoms with van der Waals surface area (Å²) in [7, 11) is 0. The van der Waals surface area contributed by atoms with Gasteiger partial charge in [-0.2, -0.15) is 0 Å². The van der Waals surface area contributed by atoms with E-state index in [2.05, 4.69) is 11.8 Å². The van der Waals surface area contributed by atoms with E-state index in [4.69, 9.17) is 18.0 Å². The fraction of sp³-hybridized carbons (Fsp3) is 0.500. The summed E-state index contributed by atoms with van der Waals surface area (Å²) in [5.74, 6) is -0.210. The van der Waals surface area contributed by atoms with Gasteiger partial charge in [-0.05, 0) is 32.4 Å². The van der Waals surface area contributed by atoms with Gasteiger partial charge >= 0.3 is 0 Å². The van der Waals surface area contributed by atoms with E-state index in [1.165, 1.54) is 25.3 Å². The molecule has 1 atom stereocenters. The van der Waals surface area contributed by atoms with Gasteiger partial charge in [0.2, 0.25) is 0 Å². The van der Waals surface area contributed by atoms with Gasteiger partial charge in [-0.3, -0.25) is 4.90 Å². The molecule has 18 heavy (non-hydrogen) atoms. The lowest BCUT2D eigenvalue weighted by atomic mass is 10.0. The number of piperidine rings is 1. The summed E-state index contributed by atoms with van der Waals surface area (Å²) in [6, 6.07) is 5.57. The number of benzene rings is 1. The Balaban J connectivity index is 2.11. The number of nitrogens with two attached hydrogens (primary N) is 1. The molecule has 1 saturated heterocycles. The molecule has 1 aliphatic rings. The highest BCUT2D eigenvalue weighted by Gasteiger charge is 2.19. The minimum Gasteiger partial charge on any atom is -0.389 e. The summed E-state index contributed by atoms with van der Waals surface area (Å²) in [5, 5.41) is 0. The summed E-state index contributed by atoms with van der Waals surface area (Å²) in [4.78, 5) is 2.58. The minimum atomic E-state index is -0.210. The number of hydrogen-bond donors (Lipinski definition) is 1. The Kier molecular flexibility index (Phi) is 4.30. The number of halogens is 1. The monoisotopic (exact) mass is 266 g/mol. The molecule has 2 N–H and O–H groups in total. The smallest absolute Gasteiger partial charge is 0.128 e. The van der Waals surface area contributed by atoms with E-state index in [0.29, 0.717) is 18.2 Å². The van der Waals surface area contributed by atoms with Crippen LogP contribution in [0.15, 0.2) is 18.2 Å². The zero-order valence-corrected chi connectivity index (χ0v) is 11.5. The second-order valence-corrected chi connectivity index (χ2v) is 5.43. The standard InChI is InChI=1S/C14H19FN2S/c1-10-4-2-3-7-17(10)9-12-6-5-11(14(16)18)8-13(12)15/h5-6,8,10H,2-4,7,9H2,1H3,(H2,16,18). The fourth-order valence-electron chi connectivity index (χ4n) is 2.44. The molecule has 1 aliphatic heterocycles. The number of likely N-dealkylation sites (tertiary alicyclic amines) is 1. The quantitative estimate of drug-likeness (QED) is 0.853. The molecular weight excluding hydrogens is 247 g/mol. The Morgan fingerprint density at radius 3 is 2.89 bits per heavy atom. The molecule has 1 aromatic rings. The van der Waals surface area contributed by atoms with Crippen LogP contribution in [0.5, 0.6) is 0 Å². The highest BCUT2D eigenvalue weighted by molar-refractivity contribution is 7.80. The Morgan fingerprint density at radius 1 is 1.50 bits per heavy atom. The lowest BCUT2D eigenvalue weighted by molar-refractivity contribution is 0.151. The van der Waals surface area contributed by atoms with Crippen LogP contribution in [0.25, 0.3) is 0 Å². The summed E-state index contributed by atoms with van der Waals surface area (Å²) in [5.41, 5.74) is 6.81. The molecule has 1 fully saturated rings. The van der Waals surface area contributed by atoms with Crippen molar-refractivity contribution in [2.75, 3.05) is 6.54 Å². The molecule has 2 nitrogen and oxygen atoms in total. The molecular formula is C14H19FN2S. The predicted molar refractivity (Wildman–Crippen MR) is 76.0 cm³/mol. The Labute approximate surface area is 113 Å². The van der Waals surface area contributed by atoms with Crippen molar-refractivity contribution in [1.29, 1.82) is 0 Å². The number of hydrogen-bond acceptors (Lipinski definition) is 2. The molecule has 1 heterocycles. The van der Waals surface area contributed by atoms with Gasteiger partial charge < -0.3 is 5.73 Å². The van der Waals surface area contributed by atoms with Crippen molar-refractivity contribution in [3.63, 3.8) is 0 Å². The third-order valence-corrected chi connectivity index (χ3v) is 3.89. The van der Waals surface area contributed by atoms with Gasteiger partial charge in [0.25, 0.3) is 0 Å². The maximum absolute atomic E-state index is 14.0. The van der Waals surface area contributed by atoms with E-state index in [1.54, 1.807) is 12.1 Å². The molecule has 0 amide bonds. The summed E-state index contributed by atoms with van der Waals surface area (Å²) >= 11 is 4.85. The largest absolute Gasteiger partial charge is 0.389 e. The van der Waals surface area contributed by atoms with Crippen molar-refractivity contribution in [3.05, 3.63) is 35.1 Å². The Bertz CT molecular complexity index is 447. The first-order valence-corrected chi connectivity index (χ1v) is 6.81. The highest BCUT2D eigenvalue weighted by atomic mass is 32.1. The first kappa shape index (κ1) is 13.4. The van der Waals surface area contributed by atoms with Crippen LogP contribution in [-0.4, -0.2) is 22.5 Å². The van der Waals surface area contributed by atoms with Gasteiger partial charge in [0, 0.05) is 23.7 Å². The van der Waals surface area contributed by atoms with Gasteiger partial charge in [-0.1, -0.05) is 30.8 Å². The topological polar surface area (TPSA) is 29.3 Å². The van der Waals surface area contributed by atoms with Crippen LogP contribution in [-0.2, 0) is 6.54 Å². The fourth-order valence-corrected chi connectivity index (χ4v) is 2.57. The lowest BCUT2D eigenvalue weighted by Gasteiger charge is -2.33. The maximum Gasteiger partial charge on any atom is 0.128 e. The van der Waals surface area contributed by atoms with Crippen LogP contribution in [0.4, 0.5) is 4.39 Å². The van der Waals surface area contributed by atoms with Crippen molar-refractivity contribution in [3.8, 4) is 0 Å². The number of thiocarbonyl (C=S) groups is 1. The van der Waals surface area contributed by atoms with E-state index < -0.39 is 0 Å². The van der Waals surface area contributed by atoms with Crippen molar-refractivity contribution in [2.45, 2.75) is 38.8 Å². The Morgan fingerprint density at radius 2 is 2.28 bits per heavy atom. The number of rotatable bonds is 3. The summed E-state index contributed by atoms with van der Waals surface area (Å²) in [6.07, 6.45) is 3.68. The second kappa shape index (κ2) is 5.76. The van der Waals surface area contributed by atoms with Crippen LogP contribution in [0, 0.1) is 5.82 Å². The van der Waals surface area contributed by atoms with Crippen LogP contribution in [0.1, 0.15) is 37.3 Å². The molecule has 1 unspecified atom stereocenters. The van der Waals surface area contributed by atoms with E-state index in [1.807, 2.05) is 0 Å². The van der Waals surface area contributed by atoms with E-state index in [0.717, 1.165) is 12.1 Å². The average Bonchev–Trinajstić information content (AvgIpc) is 2.34. The van der Waals surface area contributed by atoms with Crippen molar-refractivity contribution >= 4 is 17.2 Å². The van der Waals surface area contributed by atoms with Gasteiger partial charge in [-0.25, -0.2) is 4.39 Å². The normalized spacial score (nSPS) is 20.9. The zero-order chi connectivity index (χ0) is 13.1. The number of nitrogens with zero attached hydrogens (tertiary/aromatic N) is 1. The molecule has 4 heteroatoms. The molecule has 2 rings (SSSR count). The molecule has 0 radical (unpaired) electrons. The maximum atomic E-state index is 14.0. The molecule has 98 valence electrons. The third kappa shape index (κ3) is 3.06. The Hall–Kier alpha value is -1.00. The molecule has 1 aromatic carbocycles. The average molecular weight is 266 g/mol. The molecule has 0 aromatic heterocycles. The summed E-state index contributed by atoms with van der Waals surface area (Å²) < 4.78 is 14.0.